The van der Waals surface area contributed by atoms with E-state index in [0.29, 0.717) is 6.42 Å². The van der Waals surface area contributed by atoms with Gasteiger partial charge in [0.25, 0.3) is 0 Å². The van der Waals surface area contributed by atoms with Crippen LogP contribution in [-0.4, -0.2) is 5.78 Å². The summed E-state index contributed by atoms with van der Waals surface area (Å²) in [4.78, 5) is 11.8. The molecule has 0 N–H and O–H groups in total. The molecule has 0 fully saturated rings. The summed E-state index contributed by atoms with van der Waals surface area (Å²) in [5, 5.41) is 0. The summed E-state index contributed by atoms with van der Waals surface area (Å²) in [7, 11) is 0. The molecule has 1 nitrogen and oxygen atoms in total. The lowest BCUT2D eigenvalue weighted by molar-refractivity contribution is -0.116. The maximum atomic E-state index is 11.8. The Balaban J connectivity index is 2.12. The van der Waals surface area contributed by atoms with Crippen LogP contribution < -0.4 is 0 Å². The normalized spacial score (nSPS) is 36.3. The Bertz CT molecular complexity index is 466. The predicted molar refractivity (Wildman–Crippen MR) is 81.0 cm³/mol. The highest BCUT2D eigenvalue weighted by molar-refractivity contribution is 5.92. The summed E-state index contributed by atoms with van der Waals surface area (Å²) in [5.74, 6) is 0.278. The van der Waals surface area contributed by atoms with Crippen LogP contribution >= 0.6 is 0 Å². The van der Waals surface area contributed by atoms with E-state index in [2.05, 4.69) is 45.9 Å². The van der Waals surface area contributed by atoms with Crippen LogP contribution in [0.3, 0.4) is 0 Å². The first-order valence-electron chi connectivity index (χ1n) is 7.36. The molecule has 0 aromatic carbocycles. The van der Waals surface area contributed by atoms with Crippen molar-refractivity contribution in [3.63, 3.8) is 0 Å². The van der Waals surface area contributed by atoms with E-state index in [0.717, 1.165) is 12.8 Å². The smallest absolute Gasteiger partial charge is 0.156 e. The van der Waals surface area contributed by atoms with Crippen LogP contribution in [0, 0.1) is 10.8 Å². The molecular formula is C18H26O. The van der Waals surface area contributed by atoms with Gasteiger partial charge in [0.1, 0.15) is 0 Å². The van der Waals surface area contributed by atoms with Crippen LogP contribution in [0.2, 0.25) is 0 Å². The zero-order chi connectivity index (χ0) is 14.1. The van der Waals surface area contributed by atoms with E-state index in [1.807, 2.05) is 6.08 Å². The van der Waals surface area contributed by atoms with E-state index in [4.69, 9.17) is 0 Å². The van der Waals surface area contributed by atoms with Crippen molar-refractivity contribution < 1.29 is 4.79 Å². The molecule has 0 aliphatic heterocycles. The topological polar surface area (TPSA) is 17.1 Å². The molecule has 104 valence electrons. The van der Waals surface area contributed by atoms with Crippen molar-refractivity contribution in [3.05, 3.63) is 35.5 Å². The fourth-order valence-corrected chi connectivity index (χ4v) is 3.58. The highest BCUT2D eigenvalue weighted by Crippen LogP contribution is 2.41. The van der Waals surface area contributed by atoms with Crippen LogP contribution in [-0.2, 0) is 4.79 Å². The number of hydrogen-bond acceptors (Lipinski definition) is 1. The lowest BCUT2D eigenvalue weighted by Crippen LogP contribution is -2.24. The van der Waals surface area contributed by atoms with Crippen molar-refractivity contribution in [3.8, 4) is 0 Å². The van der Waals surface area contributed by atoms with E-state index < -0.39 is 0 Å². The van der Waals surface area contributed by atoms with Gasteiger partial charge in [-0.05, 0) is 56.4 Å². The van der Waals surface area contributed by atoms with Crippen LogP contribution in [0.4, 0.5) is 0 Å². The second kappa shape index (κ2) is 5.11. The third-order valence-corrected chi connectivity index (χ3v) is 4.45. The number of carbonyl (C=O) groups excluding carboxylic acids is 1. The SMILES string of the molecule is CC1=CCCC(C)(/C=C/C2(C)CC(=O)C=C(C)C2)C1. The van der Waals surface area contributed by atoms with Crippen molar-refractivity contribution in [2.24, 2.45) is 10.8 Å². The Kier molecular flexibility index (Phi) is 3.85. The quantitative estimate of drug-likeness (QED) is 0.637. The summed E-state index contributed by atoms with van der Waals surface area (Å²) in [6.45, 7) is 8.85. The first-order valence-corrected chi connectivity index (χ1v) is 7.36. The fraction of sp³-hybridized carbons (Fsp3) is 0.611. The summed E-state index contributed by atoms with van der Waals surface area (Å²) in [6, 6.07) is 0. The molecule has 0 aromatic heterocycles. The second-order valence-electron chi connectivity index (χ2n) is 7.22. The first kappa shape index (κ1) is 14.3. The zero-order valence-corrected chi connectivity index (χ0v) is 12.8. The molecule has 0 spiro atoms. The summed E-state index contributed by atoms with van der Waals surface area (Å²) in [5.41, 5.74) is 3.01. The average Bonchev–Trinajstić information content (AvgIpc) is 2.24. The third kappa shape index (κ3) is 3.68. The van der Waals surface area contributed by atoms with Crippen LogP contribution in [0.25, 0.3) is 0 Å². The van der Waals surface area contributed by atoms with Crippen molar-refractivity contribution in [1.29, 1.82) is 0 Å². The van der Waals surface area contributed by atoms with Gasteiger partial charge < -0.3 is 0 Å². The number of ketones is 1. The van der Waals surface area contributed by atoms with Gasteiger partial charge in [0.05, 0.1) is 0 Å². The molecule has 0 saturated carbocycles. The van der Waals surface area contributed by atoms with Gasteiger partial charge in [0, 0.05) is 6.42 Å². The maximum Gasteiger partial charge on any atom is 0.156 e. The first-order chi connectivity index (χ1) is 8.80. The largest absolute Gasteiger partial charge is 0.295 e. The van der Waals surface area contributed by atoms with Gasteiger partial charge in [-0.15, -0.1) is 0 Å². The molecule has 2 aliphatic rings. The van der Waals surface area contributed by atoms with E-state index in [9.17, 15) is 4.79 Å². The van der Waals surface area contributed by atoms with E-state index in [1.165, 1.54) is 24.0 Å². The lowest BCUT2D eigenvalue weighted by atomic mass is 9.71. The number of allylic oxidation sites excluding steroid dienone is 6. The van der Waals surface area contributed by atoms with Crippen LogP contribution in [0.5, 0.6) is 0 Å². The molecule has 1 heteroatoms. The predicted octanol–water partition coefficient (Wildman–Crippen LogP) is 4.99. The minimum Gasteiger partial charge on any atom is -0.295 e. The second-order valence-corrected chi connectivity index (χ2v) is 7.22. The van der Waals surface area contributed by atoms with Gasteiger partial charge in [-0.25, -0.2) is 0 Å². The summed E-state index contributed by atoms with van der Waals surface area (Å²) in [6.07, 6.45) is 14.1. The van der Waals surface area contributed by atoms with Gasteiger partial charge in [0.2, 0.25) is 0 Å². The van der Waals surface area contributed by atoms with Crippen molar-refractivity contribution in [2.45, 2.75) is 59.8 Å². The molecule has 0 bridgehead atoms. The molecule has 2 aliphatic carbocycles. The maximum absolute atomic E-state index is 11.8. The Morgan fingerprint density at radius 2 is 1.63 bits per heavy atom. The van der Waals surface area contributed by atoms with Crippen LogP contribution in [0.15, 0.2) is 35.5 Å². The third-order valence-electron chi connectivity index (χ3n) is 4.45. The molecule has 19 heavy (non-hydrogen) atoms. The number of hydrogen-bond donors (Lipinski definition) is 0. The molecule has 2 atom stereocenters. The van der Waals surface area contributed by atoms with E-state index >= 15 is 0 Å². The molecule has 2 rings (SSSR count). The van der Waals surface area contributed by atoms with Crippen molar-refractivity contribution in [1.82, 2.24) is 0 Å². The minimum absolute atomic E-state index is 0.0218. The molecule has 0 radical (unpaired) electrons. The molecule has 2 unspecified atom stereocenters. The van der Waals surface area contributed by atoms with Gasteiger partial charge in [-0.2, -0.15) is 0 Å². The number of carbonyl (C=O) groups is 1. The minimum atomic E-state index is 0.0218. The summed E-state index contributed by atoms with van der Waals surface area (Å²) < 4.78 is 0. The Hall–Kier alpha value is -1.11. The fourth-order valence-electron chi connectivity index (χ4n) is 3.58. The molecule has 0 amide bonds. The molecule has 0 aromatic rings. The van der Waals surface area contributed by atoms with Crippen molar-refractivity contribution in [2.75, 3.05) is 0 Å². The van der Waals surface area contributed by atoms with Gasteiger partial charge in [-0.1, -0.05) is 43.2 Å². The van der Waals surface area contributed by atoms with Crippen LogP contribution in [0.1, 0.15) is 59.8 Å². The van der Waals surface area contributed by atoms with Gasteiger partial charge >= 0.3 is 0 Å². The standard InChI is InChI=1S/C18H26O/c1-14-6-5-7-17(3,11-14)8-9-18(4)12-15(2)10-16(19)13-18/h6,8-10H,5,7,11-13H2,1-4H3/b9-8+. The van der Waals surface area contributed by atoms with Gasteiger partial charge in [-0.3, -0.25) is 4.79 Å². The van der Waals surface area contributed by atoms with E-state index in [-0.39, 0.29) is 16.6 Å². The average molecular weight is 258 g/mol. The van der Waals surface area contributed by atoms with Gasteiger partial charge in [0.15, 0.2) is 5.78 Å². The monoisotopic (exact) mass is 258 g/mol. The zero-order valence-electron chi connectivity index (χ0n) is 12.8. The highest BCUT2D eigenvalue weighted by Gasteiger charge is 2.30. The Morgan fingerprint density at radius 1 is 1.00 bits per heavy atom. The summed E-state index contributed by atoms with van der Waals surface area (Å²) >= 11 is 0. The Morgan fingerprint density at radius 3 is 2.26 bits per heavy atom. The highest BCUT2D eigenvalue weighted by atomic mass is 16.1. The molecule has 0 saturated heterocycles. The lowest BCUT2D eigenvalue weighted by Gasteiger charge is -2.34. The molecule has 0 heterocycles. The molecular weight excluding hydrogens is 232 g/mol. The Labute approximate surface area is 117 Å². The number of rotatable bonds is 2. The van der Waals surface area contributed by atoms with Crippen molar-refractivity contribution >= 4 is 5.78 Å². The van der Waals surface area contributed by atoms with E-state index in [1.54, 1.807) is 0 Å².